The van der Waals surface area contributed by atoms with Crippen LogP contribution in [0.1, 0.15) is 57.5 Å². The Morgan fingerprint density at radius 1 is 0.618 bits per heavy atom. The van der Waals surface area contributed by atoms with E-state index in [4.69, 9.17) is 52.1 Å². The van der Waals surface area contributed by atoms with Gasteiger partial charge >= 0.3 is 11.9 Å². The van der Waals surface area contributed by atoms with Crippen molar-refractivity contribution < 1.29 is 71.3 Å². The number of carbonyl (C=O) groups excluding carboxylic acids is 4. The molecular formula is C52H51NO15. The zero-order valence-electron chi connectivity index (χ0n) is 37.5. The first-order chi connectivity index (χ1) is 33.1. The second kappa shape index (κ2) is 21.2. The third kappa shape index (κ3) is 10.3. The molecule has 0 N–H and O–H groups in total. The van der Waals surface area contributed by atoms with E-state index in [0.717, 1.165) is 16.0 Å². The van der Waals surface area contributed by atoms with Crippen molar-refractivity contribution >= 4 is 23.8 Å². The molecule has 1 unspecified atom stereocenters. The van der Waals surface area contributed by atoms with E-state index in [2.05, 4.69) is 0 Å². The van der Waals surface area contributed by atoms with Crippen LogP contribution in [-0.2, 0) is 65.4 Å². The molecule has 0 aromatic heterocycles. The van der Waals surface area contributed by atoms with E-state index < -0.39 is 91.4 Å². The molecule has 68 heavy (non-hydrogen) atoms. The number of fused-ring (bicyclic) bond motifs is 2. The average Bonchev–Trinajstić information content (AvgIpc) is 3.61. The minimum Gasteiger partial charge on any atom is -0.497 e. The highest BCUT2D eigenvalue weighted by Gasteiger charge is 2.60. The van der Waals surface area contributed by atoms with Gasteiger partial charge in [0.25, 0.3) is 11.8 Å². The summed E-state index contributed by atoms with van der Waals surface area (Å²) in [6, 6.07) is 39.8. The van der Waals surface area contributed by atoms with E-state index in [1.807, 2.05) is 91.0 Å². The molecule has 4 heterocycles. The highest BCUT2D eigenvalue weighted by Crippen LogP contribution is 2.42. The number of methoxy groups -OCH3 is 1. The van der Waals surface area contributed by atoms with Crippen LogP contribution in [0.2, 0.25) is 0 Å². The number of imide groups is 1. The van der Waals surface area contributed by atoms with Crippen LogP contribution in [0.3, 0.4) is 0 Å². The molecule has 0 radical (unpaired) electrons. The molecule has 0 aliphatic carbocycles. The van der Waals surface area contributed by atoms with Crippen LogP contribution in [0.25, 0.3) is 0 Å². The predicted octanol–water partition coefficient (Wildman–Crippen LogP) is 6.35. The predicted molar refractivity (Wildman–Crippen MR) is 239 cm³/mol. The smallest absolute Gasteiger partial charge is 0.303 e. The molecule has 3 fully saturated rings. The van der Waals surface area contributed by atoms with E-state index in [-0.39, 0.29) is 37.6 Å². The highest BCUT2D eigenvalue weighted by molar-refractivity contribution is 6.21. The van der Waals surface area contributed by atoms with Crippen molar-refractivity contribution in [1.82, 2.24) is 4.90 Å². The largest absolute Gasteiger partial charge is 0.497 e. The van der Waals surface area contributed by atoms with Gasteiger partial charge in [0.2, 0.25) is 6.29 Å². The first kappa shape index (κ1) is 46.6. The van der Waals surface area contributed by atoms with Crippen molar-refractivity contribution in [2.45, 2.75) is 94.7 Å². The third-order valence-electron chi connectivity index (χ3n) is 12.0. The van der Waals surface area contributed by atoms with Crippen LogP contribution in [0.5, 0.6) is 11.5 Å². The Morgan fingerprint density at radius 2 is 1.19 bits per heavy atom. The van der Waals surface area contributed by atoms with Gasteiger partial charge in [-0.2, -0.15) is 0 Å². The van der Waals surface area contributed by atoms with E-state index in [1.165, 1.54) is 21.0 Å². The number of benzene rings is 5. The van der Waals surface area contributed by atoms with Gasteiger partial charge in [0.15, 0.2) is 24.8 Å². The summed E-state index contributed by atoms with van der Waals surface area (Å²) in [6.45, 7) is 2.41. The van der Waals surface area contributed by atoms with Crippen molar-refractivity contribution in [1.29, 1.82) is 0 Å². The normalized spacial score (nSPS) is 27.7. The molecule has 0 saturated carbocycles. The maximum absolute atomic E-state index is 14.7. The number of carbonyl (C=O) groups is 4. The Kier molecular flexibility index (Phi) is 14.5. The van der Waals surface area contributed by atoms with E-state index in [0.29, 0.717) is 17.1 Å². The van der Waals surface area contributed by atoms with E-state index in [1.54, 1.807) is 48.5 Å². The quantitative estimate of drug-likeness (QED) is 0.0791. The lowest BCUT2D eigenvalue weighted by Gasteiger charge is -2.52. The molecule has 11 atom stereocenters. The first-order valence-corrected chi connectivity index (χ1v) is 22.3. The Hall–Kier alpha value is -6.50. The number of rotatable bonds is 16. The molecule has 4 aliphatic rings. The Morgan fingerprint density at radius 3 is 1.81 bits per heavy atom. The number of ether oxygens (including phenoxy) is 11. The fraction of sp³-hybridized carbons (Fsp3) is 0.346. The second-order valence-corrected chi connectivity index (χ2v) is 16.6. The van der Waals surface area contributed by atoms with Gasteiger partial charge < -0.3 is 52.1 Å². The summed E-state index contributed by atoms with van der Waals surface area (Å²) in [7, 11) is 1.54. The molecule has 3 saturated heterocycles. The van der Waals surface area contributed by atoms with Crippen molar-refractivity contribution in [2.75, 3.05) is 20.3 Å². The molecule has 16 nitrogen and oxygen atoms in total. The van der Waals surface area contributed by atoms with Crippen LogP contribution in [0.4, 0.5) is 0 Å². The van der Waals surface area contributed by atoms with Gasteiger partial charge in [-0.25, -0.2) is 0 Å². The third-order valence-corrected chi connectivity index (χ3v) is 12.0. The molecule has 0 bridgehead atoms. The van der Waals surface area contributed by atoms with Gasteiger partial charge in [-0.3, -0.25) is 24.1 Å². The van der Waals surface area contributed by atoms with E-state index in [9.17, 15) is 19.2 Å². The number of amides is 2. The molecule has 5 aromatic rings. The van der Waals surface area contributed by atoms with Crippen LogP contribution >= 0.6 is 0 Å². The van der Waals surface area contributed by atoms with Gasteiger partial charge in [-0.1, -0.05) is 103 Å². The molecule has 0 spiro atoms. The molecule has 16 heteroatoms. The van der Waals surface area contributed by atoms with Gasteiger partial charge in [-0.15, -0.1) is 0 Å². The zero-order chi connectivity index (χ0) is 47.1. The minimum atomic E-state index is -1.50. The summed E-state index contributed by atoms with van der Waals surface area (Å²) in [5.41, 5.74) is 2.65. The summed E-state index contributed by atoms with van der Waals surface area (Å²) in [5.74, 6) is -1.74. The van der Waals surface area contributed by atoms with Gasteiger partial charge in [-0.05, 0) is 47.5 Å². The maximum atomic E-state index is 14.7. The minimum absolute atomic E-state index is 0.0264. The number of nitrogens with zero attached hydrogens (tertiary/aromatic N) is 1. The first-order valence-electron chi connectivity index (χ1n) is 22.3. The van der Waals surface area contributed by atoms with Crippen molar-refractivity contribution in [3.63, 3.8) is 0 Å². The molecule has 9 rings (SSSR count). The fourth-order valence-electron chi connectivity index (χ4n) is 8.88. The number of hydrogen-bond acceptors (Lipinski definition) is 15. The average molecular weight is 930 g/mol. The highest BCUT2D eigenvalue weighted by atomic mass is 16.8. The summed E-state index contributed by atoms with van der Waals surface area (Å²) >= 11 is 0. The van der Waals surface area contributed by atoms with E-state index >= 15 is 0 Å². The number of hydrogen-bond donors (Lipinski definition) is 0. The topological polar surface area (TPSA) is 173 Å². The molecule has 354 valence electrons. The van der Waals surface area contributed by atoms with Gasteiger partial charge in [0.1, 0.15) is 48.1 Å². The summed E-state index contributed by atoms with van der Waals surface area (Å²) < 4.78 is 70.6. The Bertz CT molecular complexity index is 2480. The Balaban J connectivity index is 1.16. The number of esters is 2. The molecule has 5 aromatic carbocycles. The molecule has 4 aliphatic heterocycles. The second-order valence-electron chi connectivity index (χ2n) is 16.6. The SMILES string of the molecule is COc1ccc(O[C@@H]2O[C@@H]3COC(c4ccccc4)O[C@H]3[C@H](O[C@@H]3O[C@H](COCc4ccccc4)[C@H](OC(C)=O)[C@H](OC(C)=O)[C@H]3OCc3ccccc3)[C@H]2N2C(=O)c3ccccc3C2=O)cc1. The summed E-state index contributed by atoms with van der Waals surface area (Å²) in [4.78, 5) is 56.4. The van der Waals surface area contributed by atoms with Crippen LogP contribution in [0.15, 0.2) is 140 Å². The summed E-state index contributed by atoms with van der Waals surface area (Å²) in [6.07, 6.45) is -12.2. The van der Waals surface area contributed by atoms with Crippen molar-refractivity contribution in [3.8, 4) is 11.5 Å². The van der Waals surface area contributed by atoms with Crippen molar-refractivity contribution in [2.24, 2.45) is 0 Å². The summed E-state index contributed by atoms with van der Waals surface area (Å²) in [5, 5.41) is 0. The standard InChI is InChI=1S/C52H51NO15/c1-31(54)62-44-40(29-59-27-33-15-7-4-8-16-33)66-52(47(46(44)63-32(2)55)60-28-34-17-9-5-10-18-34)68-45-42(53-48(56)38-21-13-14-22-39(38)49(53)57)51(64-37-25-23-36(58-3)24-26-37)65-41-30-61-50(67-43(41)45)35-19-11-6-12-20-35/h4-26,40-47,50-52H,27-30H2,1-3H3/t40-,41-,42-,43-,44+,45-,46+,47-,50?,51-,52+/m1/s1. The monoisotopic (exact) mass is 929 g/mol. The zero-order valence-corrected chi connectivity index (χ0v) is 37.5. The molecule has 2 amide bonds. The van der Waals surface area contributed by atoms with Crippen LogP contribution in [-0.4, -0.2) is 110 Å². The van der Waals surface area contributed by atoms with Gasteiger partial charge in [0, 0.05) is 19.4 Å². The van der Waals surface area contributed by atoms with Crippen molar-refractivity contribution in [3.05, 3.63) is 167 Å². The lowest BCUT2D eigenvalue weighted by Crippen LogP contribution is -2.71. The lowest BCUT2D eigenvalue weighted by atomic mass is 9.93. The molecular weight excluding hydrogens is 879 g/mol. The lowest BCUT2D eigenvalue weighted by molar-refractivity contribution is -0.379. The fourth-order valence-corrected chi connectivity index (χ4v) is 8.88. The van der Waals surface area contributed by atoms with Crippen LogP contribution in [0, 0.1) is 0 Å². The Labute approximate surface area is 392 Å². The maximum Gasteiger partial charge on any atom is 0.303 e. The van der Waals surface area contributed by atoms with Gasteiger partial charge in [0.05, 0.1) is 44.7 Å². The van der Waals surface area contributed by atoms with Crippen LogP contribution < -0.4 is 9.47 Å².